The molecule has 2 aromatic rings. The van der Waals surface area contributed by atoms with Gasteiger partial charge in [0.15, 0.2) is 0 Å². The molecule has 2 atom stereocenters. The lowest BCUT2D eigenvalue weighted by molar-refractivity contribution is -0.130. The first-order valence-electron chi connectivity index (χ1n) is 9.79. The van der Waals surface area contributed by atoms with Gasteiger partial charge in [0.2, 0.25) is 0 Å². The molecule has 2 bridgehead atoms. The minimum atomic E-state index is -0.472. The molecule has 0 saturated heterocycles. The van der Waals surface area contributed by atoms with Crippen molar-refractivity contribution in [2.75, 3.05) is 0 Å². The Hall–Kier alpha value is -2.88. The lowest BCUT2D eigenvalue weighted by Crippen LogP contribution is -2.14. The third-order valence-corrected chi connectivity index (χ3v) is 5.94. The monoisotopic (exact) mass is 376 g/mol. The molecule has 2 aliphatic rings. The predicted octanol–water partition coefficient (Wildman–Crippen LogP) is 5.34. The Labute approximate surface area is 164 Å². The van der Waals surface area contributed by atoms with Crippen LogP contribution in [0, 0.1) is 0 Å². The molecule has 4 nitrogen and oxygen atoms in total. The fourth-order valence-electron chi connectivity index (χ4n) is 4.73. The minimum absolute atomic E-state index is 0.323. The summed E-state index contributed by atoms with van der Waals surface area (Å²) < 4.78 is 11.7. The molecule has 2 aliphatic carbocycles. The van der Waals surface area contributed by atoms with Crippen LogP contribution in [0.2, 0.25) is 0 Å². The van der Waals surface area contributed by atoms with E-state index in [1.165, 1.54) is 6.08 Å². The molecule has 1 saturated carbocycles. The van der Waals surface area contributed by atoms with Crippen LogP contribution in [0.3, 0.4) is 0 Å². The number of ether oxygens (including phenoxy) is 2. The van der Waals surface area contributed by atoms with E-state index in [2.05, 4.69) is 20.1 Å². The van der Waals surface area contributed by atoms with E-state index >= 15 is 0 Å². The van der Waals surface area contributed by atoms with Crippen molar-refractivity contribution < 1.29 is 19.1 Å². The van der Waals surface area contributed by atoms with Gasteiger partial charge in [-0.25, -0.2) is 9.59 Å². The summed E-state index contributed by atoms with van der Waals surface area (Å²) >= 11 is 0. The first kappa shape index (κ1) is 18.5. The highest BCUT2D eigenvalue weighted by molar-refractivity contribution is 6.03. The molecule has 0 amide bonds. The van der Waals surface area contributed by atoms with Crippen molar-refractivity contribution in [3.63, 3.8) is 0 Å². The lowest BCUT2D eigenvalue weighted by Gasteiger charge is -2.25. The summed E-state index contributed by atoms with van der Waals surface area (Å²) in [6.07, 6.45) is 5.08. The Morgan fingerprint density at radius 2 is 1.82 bits per heavy atom. The predicted molar refractivity (Wildman–Crippen MR) is 109 cm³/mol. The molecule has 2 aromatic carbocycles. The number of aryl methyl sites for hydroxylation is 1. The molecule has 0 heterocycles. The number of carbonyl (C=O) groups excluding carboxylic acids is 2. The average Bonchev–Trinajstić information content (AvgIpc) is 3.31. The highest BCUT2D eigenvalue weighted by atomic mass is 16.5. The Morgan fingerprint density at radius 1 is 1.14 bits per heavy atom. The van der Waals surface area contributed by atoms with Gasteiger partial charge in [0.05, 0.1) is 0 Å². The zero-order valence-corrected chi connectivity index (χ0v) is 16.3. The van der Waals surface area contributed by atoms with E-state index in [-0.39, 0.29) is 0 Å². The van der Waals surface area contributed by atoms with Crippen molar-refractivity contribution in [1.82, 2.24) is 0 Å². The maximum absolute atomic E-state index is 12.5. The van der Waals surface area contributed by atoms with Crippen molar-refractivity contribution in [3.8, 4) is 11.5 Å². The smallest absolute Gasteiger partial charge is 0.338 e. The van der Waals surface area contributed by atoms with Gasteiger partial charge >= 0.3 is 11.9 Å². The van der Waals surface area contributed by atoms with Gasteiger partial charge < -0.3 is 9.47 Å². The van der Waals surface area contributed by atoms with Crippen molar-refractivity contribution in [3.05, 3.63) is 59.7 Å². The van der Waals surface area contributed by atoms with Crippen LogP contribution in [0.4, 0.5) is 0 Å². The quantitative estimate of drug-likeness (QED) is 0.401. The SMILES string of the molecule is C=CC(=O)Oc1c2c(c(OC(=O)C(=C)C)c3c(CC)cccc13)C1CCC2C1. The summed E-state index contributed by atoms with van der Waals surface area (Å²) in [5, 5.41) is 1.67. The van der Waals surface area contributed by atoms with Crippen LogP contribution in [0.1, 0.15) is 61.6 Å². The van der Waals surface area contributed by atoms with Crippen molar-refractivity contribution in [2.45, 2.75) is 51.4 Å². The molecular formula is C24H24O4. The Kier molecular flexibility index (Phi) is 4.58. The summed E-state index contributed by atoms with van der Waals surface area (Å²) in [5.74, 6) is 0.981. The first-order valence-corrected chi connectivity index (χ1v) is 9.79. The highest BCUT2D eigenvalue weighted by Crippen LogP contribution is 2.61. The van der Waals surface area contributed by atoms with Crippen LogP contribution in [0.5, 0.6) is 11.5 Å². The molecule has 0 radical (unpaired) electrons. The molecule has 4 heteroatoms. The van der Waals surface area contributed by atoms with Gasteiger partial charge in [-0.2, -0.15) is 0 Å². The van der Waals surface area contributed by atoms with Gasteiger partial charge in [0, 0.05) is 33.5 Å². The number of hydrogen-bond acceptors (Lipinski definition) is 4. The van der Waals surface area contributed by atoms with E-state index in [9.17, 15) is 9.59 Å². The molecule has 0 N–H and O–H groups in total. The second kappa shape index (κ2) is 6.93. The number of fused-ring (bicyclic) bond motifs is 6. The third kappa shape index (κ3) is 2.75. The van der Waals surface area contributed by atoms with Crippen molar-refractivity contribution in [1.29, 1.82) is 0 Å². The largest absolute Gasteiger partial charge is 0.422 e. The molecule has 28 heavy (non-hydrogen) atoms. The zero-order chi connectivity index (χ0) is 20.0. The molecule has 1 fully saturated rings. The molecule has 144 valence electrons. The van der Waals surface area contributed by atoms with E-state index in [0.717, 1.165) is 53.1 Å². The van der Waals surface area contributed by atoms with Gasteiger partial charge in [0.1, 0.15) is 11.5 Å². The van der Waals surface area contributed by atoms with Crippen molar-refractivity contribution >= 4 is 22.7 Å². The van der Waals surface area contributed by atoms with Crippen LogP contribution in [-0.4, -0.2) is 11.9 Å². The molecule has 4 rings (SSSR count). The zero-order valence-electron chi connectivity index (χ0n) is 16.3. The number of esters is 2. The first-order chi connectivity index (χ1) is 13.5. The van der Waals surface area contributed by atoms with Gasteiger partial charge in [0.25, 0.3) is 0 Å². The fourth-order valence-corrected chi connectivity index (χ4v) is 4.73. The molecule has 0 aliphatic heterocycles. The summed E-state index contributed by atoms with van der Waals surface area (Å²) in [5.41, 5.74) is 3.48. The van der Waals surface area contributed by atoms with Crippen molar-refractivity contribution in [2.24, 2.45) is 0 Å². The summed E-state index contributed by atoms with van der Waals surface area (Å²) in [7, 11) is 0. The molecule has 0 spiro atoms. The van der Waals surface area contributed by atoms with E-state index < -0.39 is 11.9 Å². The van der Waals surface area contributed by atoms with Gasteiger partial charge in [-0.1, -0.05) is 38.3 Å². The average molecular weight is 376 g/mol. The van der Waals surface area contributed by atoms with Crippen LogP contribution < -0.4 is 9.47 Å². The van der Waals surface area contributed by atoms with Crippen LogP contribution in [-0.2, 0) is 16.0 Å². The summed E-state index contributed by atoms with van der Waals surface area (Å²) in [6.45, 7) is 11.0. The van der Waals surface area contributed by atoms with E-state index in [1.54, 1.807) is 6.92 Å². The Balaban J connectivity index is 2.07. The summed E-state index contributed by atoms with van der Waals surface area (Å²) in [4.78, 5) is 24.6. The van der Waals surface area contributed by atoms with Crippen LogP contribution >= 0.6 is 0 Å². The van der Waals surface area contributed by atoms with Crippen LogP contribution in [0.25, 0.3) is 10.8 Å². The van der Waals surface area contributed by atoms with Gasteiger partial charge in [-0.05, 0) is 50.0 Å². The Morgan fingerprint density at radius 3 is 2.43 bits per heavy atom. The van der Waals surface area contributed by atoms with E-state index in [0.29, 0.717) is 28.9 Å². The molecular weight excluding hydrogens is 352 g/mol. The van der Waals surface area contributed by atoms with Gasteiger partial charge in [-0.3, -0.25) is 0 Å². The Bertz CT molecular complexity index is 1030. The fraction of sp³-hybridized carbons (Fsp3) is 0.333. The standard InChI is InChI=1S/C24H24O4/c1-5-14-8-7-9-17-19(14)23(28-24(26)13(3)4)21-16-11-10-15(12-16)20(21)22(17)27-18(25)6-2/h6-9,15-16H,2-3,5,10-12H2,1,4H3. The lowest BCUT2D eigenvalue weighted by atomic mass is 9.85. The number of carbonyl (C=O) groups is 2. The normalized spacial score (nSPS) is 19.4. The number of benzene rings is 2. The van der Waals surface area contributed by atoms with E-state index in [1.807, 2.05) is 18.2 Å². The van der Waals surface area contributed by atoms with E-state index in [4.69, 9.17) is 9.47 Å². The molecule has 0 aromatic heterocycles. The number of rotatable bonds is 5. The maximum Gasteiger partial charge on any atom is 0.338 e. The second-order valence-electron chi connectivity index (χ2n) is 7.68. The topological polar surface area (TPSA) is 52.6 Å². The van der Waals surface area contributed by atoms with Crippen LogP contribution in [0.15, 0.2) is 43.0 Å². The minimum Gasteiger partial charge on any atom is -0.422 e. The highest BCUT2D eigenvalue weighted by Gasteiger charge is 2.43. The third-order valence-electron chi connectivity index (χ3n) is 5.94. The number of hydrogen-bond donors (Lipinski definition) is 0. The maximum atomic E-state index is 12.5. The molecule has 2 unspecified atom stereocenters. The van der Waals surface area contributed by atoms with Gasteiger partial charge in [-0.15, -0.1) is 0 Å². The summed E-state index contributed by atoms with van der Waals surface area (Å²) in [6, 6.07) is 5.92. The second-order valence-corrected chi connectivity index (χ2v) is 7.68.